The number of benzene rings is 5. The largest absolute Gasteiger partial charge is 0.456 e. The first-order valence-electron chi connectivity index (χ1n) is 17.3. The summed E-state index contributed by atoms with van der Waals surface area (Å²) in [5, 5.41) is 7.30. The molecule has 8 rings (SSSR count). The molecule has 1 unspecified atom stereocenters. The van der Waals surface area contributed by atoms with Gasteiger partial charge in [0.2, 0.25) is 0 Å². The van der Waals surface area contributed by atoms with Crippen LogP contribution < -0.4 is 9.13 Å². The van der Waals surface area contributed by atoms with Gasteiger partial charge < -0.3 is 4.42 Å². The Labute approximate surface area is 289 Å². The summed E-state index contributed by atoms with van der Waals surface area (Å²) in [6.07, 6.45) is 3.00. The molecule has 0 spiro atoms. The van der Waals surface area contributed by atoms with E-state index >= 15 is 0 Å². The second-order valence-corrected chi connectivity index (χ2v) is 14.7. The molecule has 3 nitrogen and oxygen atoms in total. The molecule has 0 saturated carbocycles. The van der Waals surface area contributed by atoms with Gasteiger partial charge in [0.1, 0.15) is 25.3 Å². The predicted octanol–water partition coefficient (Wildman–Crippen LogP) is 10.0. The summed E-state index contributed by atoms with van der Waals surface area (Å²) in [5.41, 5.74) is 10.4. The van der Waals surface area contributed by atoms with E-state index in [4.69, 9.17) is 4.42 Å². The standard InChI is InChI=1S/C46H44N2O/c1-30-15-8-11-19-39(30)45(3,4)43-21-14-17-34(48(43)7)29-46(5,44-20-12-13-24-47(44)6)40-28-38-37-27-36-33(23-22-32-16-9-10-18-35(32)36)26-42(37)49-41(38)25-31(40)2/h8-28H,29H2,1-7H3/q+2. The minimum atomic E-state index is -0.343. The zero-order chi connectivity index (χ0) is 34.1. The molecule has 1 atom stereocenters. The molecule has 3 heterocycles. The second kappa shape index (κ2) is 11.4. The lowest BCUT2D eigenvalue weighted by molar-refractivity contribution is -0.692. The maximum Gasteiger partial charge on any atom is 0.192 e. The molecular weight excluding hydrogens is 597 g/mol. The van der Waals surface area contributed by atoms with E-state index in [9.17, 15) is 0 Å². The fourth-order valence-electron chi connectivity index (χ4n) is 8.65. The van der Waals surface area contributed by atoms with Crippen LogP contribution in [0.4, 0.5) is 0 Å². The normalized spacial score (nSPS) is 13.4. The first kappa shape index (κ1) is 31.0. The third-order valence-corrected chi connectivity index (χ3v) is 11.2. The molecule has 242 valence electrons. The molecule has 0 aliphatic rings. The van der Waals surface area contributed by atoms with Gasteiger partial charge in [-0.1, -0.05) is 66.7 Å². The second-order valence-electron chi connectivity index (χ2n) is 14.7. The van der Waals surface area contributed by atoms with Crippen molar-refractivity contribution in [2.24, 2.45) is 14.1 Å². The van der Waals surface area contributed by atoms with Gasteiger partial charge in [0.05, 0.1) is 17.3 Å². The molecule has 5 aromatic carbocycles. The quantitative estimate of drug-likeness (QED) is 0.131. The smallest absolute Gasteiger partial charge is 0.192 e. The van der Waals surface area contributed by atoms with Gasteiger partial charge in [-0.15, -0.1) is 0 Å². The Morgan fingerprint density at radius 1 is 0.551 bits per heavy atom. The molecule has 3 aromatic heterocycles. The summed E-state index contributed by atoms with van der Waals surface area (Å²) in [6, 6.07) is 44.5. The number of fused-ring (bicyclic) bond motifs is 6. The van der Waals surface area contributed by atoms with Crippen LogP contribution in [-0.4, -0.2) is 0 Å². The van der Waals surface area contributed by atoms with Crippen molar-refractivity contribution in [1.29, 1.82) is 0 Å². The highest BCUT2D eigenvalue weighted by Gasteiger charge is 2.41. The molecule has 0 N–H and O–H groups in total. The van der Waals surface area contributed by atoms with Crippen LogP contribution in [0, 0.1) is 13.8 Å². The summed E-state index contributed by atoms with van der Waals surface area (Å²) in [7, 11) is 4.41. The number of rotatable bonds is 6. The third-order valence-electron chi connectivity index (χ3n) is 11.2. The van der Waals surface area contributed by atoms with Crippen LogP contribution in [0.15, 0.2) is 132 Å². The van der Waals surface area contributed by atoms with Crippen molar-refractivity contribution in [3.8, 4) is 0 Å². The van der Waals surface area contributed by atoms with Crippen LogP contribution >= 0.6 is 0 Å². The lowest BCUT2D eigenvalue weighted by Crippen LogP contribution is -2.49. The summed E-state index contributed by atoms with van der Waals surface area (Å²) in [5.74, 6) is 0. The van der Waals surface area contributed by atoms with Crippen LogP contribution in [0.25, 0.3) is 43.5 Å². The van der Waals surface area contributed by atoms with Crippen LogP contribution in [0.1, 0.15) is 60.1 Å². The van der Waals surface area contributed by atoms with Gasteiger partial charge in [-0.3, -0.25) is 0 Å². The topological polar surface area (TPSA) is 20.9 Å². The molecule has 0 aliphatic heterocycles. The zero-order valence-electron chi connectivity index (χ0n) is 29.6. The lowest BCUT2D eigenvalue weighted by Gasteiger charge is -2.30. The first-order chi connectivity index (χ1) is 23.6. The van der Waals surface area contributed by atoms with E-state index in [0.29, 0.717) is 0 Å². The molecule has 0 fully saturated rings. The molecule has 0 saturated heterocycles. The Morgan fingerprint density at radius 2 is 1.24 bits per heavy atom. The van der Waals surface area contributed by atoms with Gasteiger partial charge in [-0.2, -0.15) is 0 Å². The Balaban J connectivity index is 1.33. The lowest BCUT2D eigenvalue weighted by atomic mass is 9.72. The van der Waals surface area contributed by atoms with E-state index in [0.717, 1.165) is 28.4 Å². The van der Waals surface area contributed by atoms with E-state index in [-0.39, 0.29) is 10.8 Å². The van der Waals surface area contributed by atoms with Crippen molar-refractivity contribution in [2.75, 3.05) is 0 Å². The molecule has 3 heteroatoms. The fourth-order valence-corrected chi connectivity index (χ4v) is 8.65. The van der Waals surface area contributed by atoms with Crippen molar-refractivity contribution >= 4 is 43.5 Å². The fraction of sp³-hybridized carbons (Fsp3) is 0.217. The highest BCUT2D eigenvalue weighted by molar-refractivity contribution is 6.16. The van der Waals surface area contributed by atoms with Gasteiger partial charge in [0.15, 0.2) is 23.3 Å². The van der Waals surface area contributed by atoms with Crippen molar-refractivity contribution < 1.29 is 13.6 Å². The van der Waals surface area contributed by atoms with Crippen molar-refractivity contribution in [1.82, 2.24) is 0 Å². The third kappa shape index (κ3) is 4.94. The molecular formula is C46H44N2O+2. The summed E-state index contributed by atoms with van der Waals surface area (Å²) in [4.78, 5) is 0. The van der Waals surface area contributed by atoms with E-state index in [1.807, 2.05) is 0 Å². The number of furan rings is 1. The summed E-state index contributed by atoms with van der Waals surface area (Å²) < 4.78 is 11.3. The molecule has 0 aliphatic carbocycles. The number of aromatic nitrogens is 2. The van der Waals surface area contributed by atoms with E-state index in [1.165, 1.54) is 60.9 Å². The minimum absolute atomic E-state index is 0.165. The Hall–Kier alpha value is -5.28. The van der Waals surface area contributed by atoms with Crippen LogP contribution in [0.3, 0.4) is 0 Å². The maximum atomic E-state index is 6.58. The molecule has 49 heavy (non-hydrogen) atoms. The highest BCUT2D eigenvalue weighted by atomic mass is 16.3. The number of pyridine rings is 2. The molecule has 8 aromatic rings. The van der Waals surface area contributed by atoms with E-state index < -0.39 is 0 Å². The monoisotopic (exact) mass is 640 g/mol. The maximum absolute atomic E-state index is 6.58. The Bertz CT molecular complexity index is 2570. The summed E-state index contributed by atoms with van der Waals surface area (Å²) in [6.45, 7) is 11.6. The minimum Gasteiger partial charge on any atom is -0.456 e. The number of hydrogen-bond donors (Lipinski definition) is 0. The van der Waals surface area contributed by atoms with Gasteiger partial charge >= 0.3 is 0 Å². The average Bonchev–Trinajstić information content (AvgIpc) is 3.43. The van der Waals surface area contributed by atoms with Gasteiger partial charge in [0, 0.05) is 35.0 Å². The highest BCUT2D eigenvalue weighted by Crippen LogP contribution is 2.41. The van der Waals surface area contributed by atoms with Crippen LogP contribution in [0.2, 0.25) is 0 Å². The number of aryl methyl sites for hydroxylation is 3. The van der Waals surface area contributed by atoms with Crippen LogP contribution in [-0.2, 0) is 31.3 Å². The molecule has 0 bridgehead atoms. The van der Waals surface area contributed by atoms with Gasteiger partial charge in [0.25, 0.3) is 0 Å². The molecule has 0 radical (unpaired) electrons. The van der Waals surface area contributed by atoms with Crippen molar-refractivity contribution in [2.45, 2.75) is 51.9 Å². The molecule has 0 amide bonds. The van der Waals surface area contributed by atoms with Crippen LogP contribution in [0.5, 0.6) is 0 Å². The SMILES string of the molecule is Cc1ccccc1C(C)(C)c1cccc(CC(C)(c2cc3c(cc2C)oc2cc4ccc5ccccc5c4cc23)c2cccc[n+]2C)[n+]1C. The van der Waals surface area contributed by atoms with E-state index in [2.05, 4.69) is 185 Å². The van der Waals surface area contributed by atoms with Gasteiger partial charge in [-0.25, -0.2) is 9.13 Å². The predicted molar refractivity (Wildman–Crippen MR) is 202 cm³/mol. The van der Waals surface area contributed by atoms with Crippen molar-refractivity contribution in [3.05, 3.63) is 167 Å². The summed E-state index contributed by atoms with van der Waals surface area (Å²) >= 11 is 0. The zero-order valence-corrected chi connectivity index (χ0v) is 29.6. The first-order valence-corrected chi connectivity index (χ1v) is 17.3. The average molecular weight is 641 g/mol. The van der Waals surface area contributed by atoms with Gasteiger partial charge in [-0.05, 0) is 109 Å². The number of hydrogen-bond acceptors (Lipinski definition) is 1. The Morgan fingerprint density at radius 3 is 2.06 bits per heavy atom. The van der Waals surface area contributed by atoms with Crippen molar-refractivity contribution in [3.63, 3.8) is 0 Å². The number of nitrogens with zero attached hydrogens (tertiary/aromatic N) is 2. The Kier molecular flexibility index (Phi) is 7.22. The van der Waals surface area contributed by atoms with E-state index in [1.54, 1.807) is 0 Å².